The maximum atomic E-state index is 12.0. The second-order valence-corrected chi connectivity index (χ2v) is 10.5. The third kappa shape index (κ3) is 4.27. The fraction of sp³-hybridized carbons (Fsp3) is 0.367. The van der Waals surface area contributed by atoms with E-state index in [0.717, 1.165) is 59.4 Å². The van der Waals surface area contributed by atoms with Gasteiger partial charge in [-0.2, -0.15) is 0 Å². The molecule has 0 bridgehead atoms. The molecule has 0 amide bonds. The van der Waals surface area contributed by atoms with Gasteiger partial charge in [0.1, 0.15) is 17.4 Å². The lowest BCUT2D eigenvalue weighted by atomic mass is 9.84. The van der Waals surface area contributed by atoms with Gasteiger partial charge in [-0.3, -0.25) is 9.69 Å². The molecule has 7 nitrogen and oxygen atoms in total. The van der Waals surface area contributed by atoms with Crippen LogP contribution in [0.4, 0.5) is 0 Å². The fourth-order valence-electron chi connectivity index (χ4n) is 6.26. The summed E-state index contributed by atoms with van der Waals surface area (Å²) in [5, 5.41) is 18.4. The molecule has 0 spiro atoms. The van der Waals surface area contributed by atoms with Crippen molar-refractivity contribution in [3.8, 4) is 5.75 Å². The number of benzene rings is 3. The second kappa shape index (κ2) is 9.30. The van der Waals surface area contributed by atoms with Gasteiger partial charge in [-0.25, -0.2) is 4.68 Å². The number of aryl methyl sites for hydroxylation is 3. The van der Waals surface area contributed by atoms with Crippen LogP contribution >= 0.6 is 0 Å². The number of hydrogen-bond acceptors (Lipinski definition) is 5. The van der Waals surface area contributed by atoms with E-state index in [1.807, 2.05) is 32.2 Å². The van der Waals surface area contributed by atoms with Crippen LogP contribution in [-0.4, -0.2) is 43.6 Å². The zero-order valence-electron chi connectivity index (χ0n) is 21.5. The molecule has 190 valence electrons. The van der Waals surface area contributed by atoms with Gasteiger partial charge >= 0.3 is 5.97 Å². The van der Waals surface area contributed by atoms with Crippen molar-refractivity contribution in [2.45, 2.75) is 57.7 Å². The van der Waals surface area contributed by atoms with E-state index in [1.54, 1.807) is 4.68 Å². The van der Waals surface area contributed by atoms with Crippen LogP contribution in [0.25, 0.3) is 11.0 Å². The molecule has 1 aliphatic heterocycles. The number of aromatic nitrogens is 3. The van der Waals surface area contributed by atoms with Crippen molar-refractivity contribution in [1.29, 1.82) is 0 Å². The van der Waals surface area contributed by atoms with Crippen LogP contribution in [0.1, 0.15) is 65.1 Å². The highest BCUT2D eigenvalue weighted by Crippen LogP contribution is 2.42. The molecule has 0 saturated carbocycles. The number of carbonyl (C=O) groups is 1. The van der Waals surface area contributed by atoms with E-state index in [1.165, 1.54) is 16.7 Å². The van der Waals surface area contributed by atoms with E-state index in [-0.39, 0.29) is 24.5 Å². The summed E-state index contributed by atoms with van der Waals surface area (Å²) in [5.41, 5.74) is 8.69. The monoisotopic (exact) mass is 496 g/mol. The van der Waals surface area contributed by atoms with Crippen LogP contribution in [0.3, 0.4) is 0 Å². The SMILES string of the molecule is Cc1c(C(CC(=O)O)c2ccc3c(c2)C(N2Cc4ccccc4OC(C)C2)CC3)ccc2c1nnn2C. The van der Waals surface area contributed by atoms with Gasteiger partial charge in [0, 0.05) is 37.7 Å². The third-order valence-electron chi connectivity index (χ3n) is 8.06. The normalized spacial score (nSPS) is 20.2. The Kier molecular flexibility index (Phi) is 5.95. The van der Waals surface area contributed by atoms with Gasteiger partial charge in [0.25, 0.3) is 0 Å². The number of rotatable bonds is 5. The van der Waals surface area contributed by atoms with Crippen LogP contribution in [-0.2, 0) is 24.8 Å². The Labute approximate surface area is 216 Å². The van der Waals surface area contributed by atoms with Gasteiger partial charge < -0.3 is 9.84 Å². The predicted octanol–water partition coefficient (Wildman–Crippen LogP) is 5.15. The molecule has 3 atom stereocenters. The van der Waals surface area contributed by atoms with Crippen LogP contribution in [0, 0.1) is 6.92 Å². The highest BCUT2D eigenvalue weighted by atomic mass is 16.5. The molecule has 0 fully saturated rings. The number of ether oxygens (including phenoxy) is 1. The molecular formula is C30H32N4O3. The largest absolute Gasteiger partial charge is 0.489 e. The molecule has 0 saturated heterocycles. The quantitative estimate of drug-likeness (QED) is 0.411. The first-order valence-electron chi connectivity index (χ1n) is 13.0. The molecule has 1 aromatic heterocycles. The predicted molar refractivity (Wildman–Crippen MR) is 142 cm³/mol. The Morgan fingerprint density at radius 2 is 2.00 bits per heavy atom. The Balaban J connectivity index is 1.39. The van der Waals surface area contributed by atoms with Crippen molar-refractivity contribution >= 4 is 17.0 Å². The fourth-order valence-corrected chi connectivity index (χ4v) is 6.26. The highest BCUT2D eigenvalue weighted by molar-refractivity contribution is 5.80. The Morgan fingerprint density at radius 3 is 2.84 bits per heavy atom. The van der Waals surface area contributed by atoms with E-state index in [9.17, 15) is 9.90 Å². The standard InChI is InChI=1S/C30H32N4O3/c1-18-16-34(17-22-6-4-5-7-28(22)37-18)26-12-10-20-8-9-21(14-25(20)26)24(15-29(35)36)23-11-13-27-30(19(23)2)31-32-33(27)3/h4-9,11,13-14,18,24,26H,10,12,15-17H2,1-3H3,(H,35,36). The molecule has 6 rings (SSSR count). The minimum absolute atomic E-state index is 0.0258. The summed E-state index contributed by atoms with van der Waals surface area (Å²) in [5.74, 6) is -0.0979. The number of carboxylic acids is 1. The maximum absolute atomic E-state index is 12.0. The van der Waals surface area contributed by atoms with Crippen molar-refractivity contribution in [1.82, 2.24) is 19.9 Å². The molecule has 4 aromatic rings. The number of aliphatic carboxylic acids is 1. The van der Waals surface area contributed by atoms with Crippen LogP contribution in [0.5, 0.6) is 5.75 Å². The number of carboxylic acid groups (broad SMARTS) is 1. The molecule has 7 heteroatoms. The van der Waals surface area contributed by atoms with E-state index in [2.05, 4.69) is 58.5 Å². The zero-order valence-corrected chi connectivity index (χ0v) is 21.5. The molecule has 37 heavy (non-hydrogen) atoms. The maximum Gasteiger partial charge on any atom is 0.304 e. The number of nitrogens with zero attached hydrogens (tertiary/aromatic N) is 4. The number of hydrogen-bond donors (Lipinski definition) is 1. The van der Waals surface area contributed by atoms with Gasteiger partial charge in [0.05, 0.1) is 11.9 Å². The zero-order chi connectivity index (χ0) is 25.7. The molecule has 0 radical (unpaired) electrons. The lowest BCUT2D eigenvalue weighted by Crippen LogP contribution is -2.33. The van der Waals surface area contributed by atoms with Gasteiger partial charge in [0.2, 0.25) is 0 Å². The second-order valence-electron chi connectivity index (χ2n) is 10.5. The van der Waals surface area contributed by atoms with Crippen molar-refractivity contribution in [2.24, 2.45) is 7.05 Å². The summed E-state index contributed by atoms with van der Waals surface area (Å²) in [6.07, 6.45) is 2.21. The Hall–Kier alpha value is -3.71. The highest BCUT2D eigenvalue weighted by Gasteiger charge is 2.33. The minimum atomic E-state index is -0.809. The molecule has 1 aliphatic carbocycles. The van der Waals surface area contributed by atoms with Crippen molar-refractivity contribution < 1.29 is 14.6 Å². The number of para-hydroxylation sites is 1. The van der Waals surface area contributed by atoms with Crippen LogP contribution < -0.4 is 4.74 Å². The minimum Gasteiger partial charge on any atom is -0.489 e. The first kappa shape index (κ1) is 23.7. The Morgan fingerprint density at radius 1 is 1.16 bits per heavy atom. The average molecular weight is 497 g/mol. The summed E-state index contributed by atoms with van der Waals surface area (Å²) in [4.78, 5) is 14.6. The molecule has 3 aromatic carbocycles. The molecule has 2 heterocycles. The van der Waals surface area contributed by atoms with Crippen molar-refractivity contribution in [2.75, 3.05) is 6.54 Å². The summed E-state index contributed by atoms with van der Waals surface area (Å²) < 4.78 is 7.98. The van der Waals surface area contributed by atoms with Gasteiger partial charge in [-0.15, -0.1) is 5.10 Å². The van der Waals surface area contributed by atoms with Crippen molar-refractivity contribution in [3.05, 3.63) is 88.0 Å². The first-order chi connectivity index (χ1) is 17.9. The molecule has 2 aliphatic rings. The summed E-state index contributed by atoms with van der Waals surface area (Å²) in [6.45, 7) is 5.85. The molecule has 1 N–H and O–H groups in total. The topological polar surface area (TPSA) is 80.5 Å². The van der Waals surface area contributed by atoms with Crippen LogP contribution in [0.2, 0.25) is 0 Å². The Bertz CT molecular complexity index is 1490. The number of fused-ring (bicyclic) bond motifs is 3. The van der Waals surface area contributed by atoms with Crippen LogP contribution in [0.15, 0.2) is 54.6 Å². The van der Waals surface area contributed by atoms with Crippen molar-refractivity contribution in [3.63, 3.8) is 0 Å². The smallest absolute Gasteiger partial charge is 0.304 e. The van der Waals surface area contributed by atoms with E-state index in [0.29, 0.717) is 0 Å². The lowest BCUT2D eigenvalue weighted by molar-refractivity contribution is -0.137. The molecule has 3 unspecified atom stereocenters. The first-order valence-corrected chi connectivity index (χ1v) is 13.0. The van der Waals surface area contributed by atoms with Gasteiger partial charge in [0.15, 0.2) is 0 Å². The van der Waals surface area contributed by atoms with E-state index in [4.69, 9.17) is 4.74 Å². The van der Waals surface area contributed by atoms with E-state index < -0.39 is 5.97 Å². The lowest BCUT2D eigenvalue weighted by Gasteiger charge is -2.30. The van der Waals surface area contributed by atoms with Gasteiger partial charge in [-0.1, -0.05) is 47.7 Å². The summed E-state index contributed by atoms with van der Waals surface area (Å²) in [7, 11) is 1.87. The summed E-state index contributed by atoms with van der Waals surface area (Å²) >= 11 is 0. The molecular weight excluding hydrogens is 464 g/mol. The van der Waals surface area contributed by atoms with Gasteiger partial charge in [-0.05, 0) is 66.6 Å². The average Bonchev–Trinajstić information content (AvgIpc) is 3.42. The third-order valence-corrected chi connectivity index (χ3v) is 8.06. The van der Waals surface area contributed by atoms with E-state index >= 15 is 0 Å². The summed E-state index contributed by atoms with van der Waals surface area (Å²) in [6, 6.07) is 19.2.